The fourth-order valence-corrected chi connectivity index (χ4v) is 7.08. The van der Waals surface area contributed by atoms with E-state index in [-0.39, 0.29) is 67.9 Å². The van der Waals surface area contributed by atoms with Crippen molar-refractivity contribution in [2.45, 2.75) is 51.3 Å². The Labute approximate surface area is 284 Å². The van der Waals surface area contributed by atoms with Crippen LogP contribution in [0.2, 0.25) is 0 Å². The number of carbonyl (C=O) groups is 6. The maximum atomic E-state index is 13.0. The zero-order valence-electron chi connectivity index (χ0n) is 26.8. The lowest BCUT2D eigenvalue weighted by atomic mass is 9.96. The molecule has 14 nitrogen and oxygen atoms in total. The number of carbonyl (C=O) groups excluding carboxylic acids is 5. The van der Waals surface area contributed by atoms with Crippen LogP contribution in [-0.4, -0.2) is 93.2 Å². The number of carboxylic acid groups (broad SMARTS) is 1. The summed E-state index contributed by atoms with van der Waals surface area (Å²) >= 11 is 2.49. The number of fused-ring (bicyclic) bond motifs is 1. The van der Waals surface area contributed by atoms with Gasteiger partial charge in [-0.25, -0.2) is 4.98 Å². The van der Waals surface area contributed by atoms with E-state index in [9.17, 15) is 38.7 Å². The fourth-order valence-electron chi connectivity index (χ4n) is 5.13. The number of aliphatic carboxylic acids is 1. The minimum atomic E-state index is -1.21. The number of rotatable bonds is 17. The second kappa shape index (κ2) is 16.5. The van der Waals surface area contributed by atoms with Gasteiger partial charge in [-0.3, -0.25) is 38.5 Å². The number of likely N-dealkylation sites (tertiary alicyclic amines) is 1. The molecule has 256 valence electrons. The lowest BCUT2D eigenvalue weighted by Gasteiger charge is -2.17. The number of amides is 3. The third-order valence-electron chi connectivity index (χ3n) is 7.60. The highest BCUT2D eigenvalue weighted by Crippen LogP contribution is 2.29. The average molecular weight is 700 g/mol. The average Bonchev–Trinajstić information content (AvgIpc) is 3.62. The number of aromatic amines is 1. The first-order chi connectivity index (χ1) is 22.8. The van der Waals surface area contributed by atoms with Gasteiger partial charge >= 0.3 is 11.9 Å². The summed E-state index contributed by atoms with van der Waals surface area (Å²) in [5.74, 6) is -3.32. The van der Waals surface area contributed by atoms with Gasteiger partial charge < -0.3 is 25.0 Å². The maximum absolute atomic E-state index is 13.0. The molecule has 1 aliphatic heterocycles. The number of carboxylic acids is 1. The van der Waals surface area contributed by atoms with E-state index in [4.69, 9.17) is 4.74 Å². The summed E-state index contributed by atoms with van der Waals surface area (Å²) in [4.78, 5) is 95.8. The van der Waals surface area contributed by atoms with Crippen molar-refractivity contribution in [1.29, 1.82) is 0 Å². The number of aromatic nitrogens is 2. The number of benzene rings is 1. The van der Waals surface area contributed by atoms with Crippen molar-refractivity contribution in [2.75, 3.05) is 37.4 Å². The van der Waals surface area contributed by atoms with Crippen molar-refractivity contribution in [3.05, 3.63) is 57.0 Å². The van der Waals surface area contributed by atoms with Crippen LogP contribution in [-0.2, 0) is 35.3 Å². The standard InChI is InChI=1S/C32H37N5O9S2/c1-18-34-23-6-4-20(14-22(23)30(42)35-18)17-36(3)28-8-7-25(48-28)24(39)15-21(32(44)45)5-9-29(41)46-12-11-37-27(40)16-26(31(37)43)47-13-10-33-19(2)38/h4,6-8,14,21,26H,5,9-13,15-17H2,1-3H3,(H,33,38)(H,44,45)(H,34,35,42)/t21-,26?/m1/s1. The summed E-state index contributed by atoms with van der Waals surface area (Å²) in [7, 11) is 1.84. The minimum Gasteiger partial charge on any atom is -0.481 e. The quantitative estimate of drug-likeness (QED) is 0.0807. The molecule has 1 unspecified atom stereocenters. The summed E-state index contributed by atoms with van der Waals surface area (Å²) in [5, 5.41) is 13.0. The summed E-state index contributed by atoms with van der Waals surface area (Å²) < 4.78 is 5.15. The monoisotopic (exact) mass is 699 g/mol. The summed E-state index contributed by atoms with van der Waals surface area (Å²) in [6, 6.07) is 8.85. The molecule has 2 atom stereocenters. The summed E-state index contributed by atoms with van der Waals surface area (Å²) in [6.07, 6.45) is -0.653. The molecule has 4 rings (SSSR count). The van der Waals surface area contributed by atoms with E-state index in [1.165, 1.54) is 30.0 Å². The molecule has 16 heteroatoms. The molecule has 3 amide bonds. The minimum absolute atomic E-state index is 0.0260. The SMILES string of the molecule is CC(=O)NCCSC1CC(=O)N(CCOC(=O)CC[C@H](CC(=O)c2ccc(N(C)Cc3ccc4nc(C)[nH]c(=O)c4c3)s2)C(=O)O)C1=O. The number of imide groups is 1. The van der Waals surface area contributed by atoms with E-state index in [0.717, 1.165) is 15.5 Å². The van der Waals surface area contributed by atoms with E-state index in [1.807, 2.05) is 18.0 Å². The highest BCUT2D eigenvalue weighted by atomic mass is 32.2. The van der Waals surface area contributed by atoms with Crippen molar-refractivity contribution in [3.8, 4) is 0 Å². The lowest BCUT2D eigenvalue weighted by Crippen LogP contribution is -2.35. The molecule has 0 saturated carbocycles. The van der Waals surface area contributed by atoms with Gasteiger partial charge in [-0.05, 0) is 43.2 Å². The van der Waals surface area contributed by atoms with Gasteiger partial charge in [0.25, 0.3) is 5.56 Å². The van der Waals surface area contributed by atoms with E-state index in [0.29, 0.717) is 40.4 Å². The molecule has 0 radical (unpaired) electrons. The molecular weight excluding hydrogens is 663 g/mol. The number of ether oxygens (including phenoxy) is 1. The second-order valence-corrected chi connectivity index (χ2v) is 13.7. The molecule has 3 aromatic rings. The Morgan fingerprint density at radius 3 is 2.71 bits per heavy atom. The van der Waals surface area contributed by atoms with Gasteiger partial charge in [0.05, 0.1) is 38.5 Å². The van der Waals surface area contributed by atoms with Gasteiger partial charge in [0.2, 0.25) is 17.7 Å². The number of anilines is 1. The molecule has 2 aromatic heterocycles. The van der Waals surface area contributed by atoms with Gasteiger partial charge in [0.1, 0.15) is 12.4 Å². The van der Waals surface area contributed by atoms with Crippen LogP contribution in [0.1, 0.15) is 53.7 Å². The number of hydrogen-bond acceptors (Lipinski definition) is 12. The van der Waals surface area contributed by atoms with Gasteiger partial charge in [-0.2, -0.15) is 0 Å². The Morgan fingerprint density at radius 2 is 1.98 bits per heavy atom. The number of esters is 1. The number of H-pyrrole nitrogens is 1. The Kier molecular flexibility index (Phi) is 12.5. The highest BCUT2D eigenvalue weighted by molar-refractivity contribution is 8.00. The number of Topliss-reactive ketones (excluding diaryl/α,β-unsaturated/α-hetero) is 1. The topological polar surface area (TPSA) is 196 Å². The number of thioether (sulfide) groups is 1. The molecule has 0 bridgehead atoms. The Morgan fingerprint density at radius 1 is 1.21 bits per heavy atom. The molecule has 1 saturated heterocycles. The number of nitrogens with zero attached hydrogens (tertiary/aromatic N) is 3. The Balaban J connectivity index is 1.22. The normalized spacial score (nSPS) is 15.1. The molecule has 3 heterocycles. The van der Waals surface area contributed by atoms with Crippen molar-refractivity contribution >= 4 is 74.4 Å². The first-order valence-corrected chi connectivity index (χ1v) is 17.1. The van der Waals surface area contributed by atoms with Crippen LogP contribution in [0.4, 0.5) is 5.00 Å². The van der Waals surface area contributed by atoms with Crippen molar-refractivity contribution in [2.24, 2.45) is 5.92 Å². The van der Waals surface area contributed by atoms with Crippen molar-refractivity contribution in [3.63, 3.8) is 0 Å². The van der Waals surface area contributed by atoms with Gasteiger partial charge in [-0.15, -0.1) is 23.1 Å². The molecule has 3 N–H and O–H groups in total. The molecule has 0 spiro atoms. The zero-order chi connectivity index (χ0) is 35.0. The number of hydrogen-bond donors (Lipinski definition) is 3. The van der Waals surface area contributed by atoms with E-state index < -0.39 is 23.1 Å². The smallest absolute Gasteiger partial charge is 0.306 e. The van der Waals surface area contributed by atoms with Gasteiger partial charge in [-0.1, -0.05) is 6.07 Å². The van der Waals surface area contributed by atoms with E-state index >= 15 is 0 Å². The fraction of sp³-hybridized carbons (Fsp3) is 0.438. The summed E-state index contributed by atoms with van der Waals surface area (Å²) in [5.41, 5.74) is 1.25. The molecule has 1 aliphatic rings. The zero-order valence-corrected chi connectivity index (χ0v) is 28.4. The summed E-state index contributed by atoms with van der Waals surface area (Å²) in [6.45, 7) is 3.59. The largest absolute Gasteiger partial charge is 0.481 e. The predicted molar refractivity (Wildman–Crippen MR) is 180 cm³/mol. The predicted octanol–water partition coefficient (Wildman–Crippen LogP) is 2.52. The van der Waals surface area contributed by atoms with Crippen LogP contribution < -0.4 is 15.8 Å². The first kappa shape index (κ1) is 36.3. The van der Waals surface area contributed by atoms with E-state index in [1.54, 1.807) is 31.2 Å². The van der Waals surface area contributed by atoms with Gasteiger partial charge in [0.15, 0.2) is 5.78 Å². The first-order valence-electron chi connectivity index (χ1n) is 15.2. The Hall–Kier alpha value is -4.57. The number of aryl methyl sites for hydroxylation is 1. The third kappa shape index (κ3) is 9.73. The molecule has 0 aliphatic carbocycles. The number of thiophene rings is 1. The maximum Gasteiger partial charge on any atom is 0.306 e. The number of ketones is 1. The molecule has 1 aromatic carbocycles. The van der Waals surface area contributed by atoms with Crippen LogP contribution >= 0.6 is 23.1 Å². The van der Waals surface area contributed by atoms with Crippen molar-refractivity contribution < 1.29 is 38.6 Å². The molecular formula is C32H37N5O9S2. The van der Waals surface area contributed by atoms with Crippen molar-refractivity contribution in [1.82, 2.24) is 20.2 Å². The van der Waals surface area contributed by atoms with Crippen LogP contribution in [0.3, 0.4) is 0 Å². The Bertz CT molecular complexity index is 1770. The van der Waals surface area contributed by atoms with Crippen LogP contribution in [0.25, 0.3) is 10.9 Å². The van der Waals surface area contributed by atoms with Crippen LogP contribution in [0, 0.1) is 12.8 Å². The van der Waals surface area contributed by atoms with Crippen LogP contribution in [0.15, 0.2) is 35.1 Å². The number of nitrogens with one attached hydrogen (secondary N) is 2. The second-order valence-electron chi connectivity index (χ2n) is 11.3. The highest BCUT2D eigenvalue weighted by Gasteiger charge is 2.38. The van der Waals surface area contributed by atoms with Gasteiger partial charge in [0, 0.05) is 52.1 Å². The molecule has 1 fully saturated rings. The lowest BCUT2D eigenvalue weighted by molar-refractivity contribution is -0.149. The van der Waals surface area contributed by atoms with Crippen LogP contribution in [0.5, 0.6) is 0 Å². The molecule has 48 heavy (non-hydrogen) atoms. The third-order valence-corrected chi connectivity index (χ3v) is 10.1. The van der Waals surface area contributed by atoms with E-state index in [2.05, 4.69) is 15.3 Å².